The highest BCUT2D eigenvalue weighted by Crippen LogP contribution is 2.24. The van der Waals surface area contributed by atoms with Crippen molar-refractivity contribution in [2.24, 2.45) is 5.73 Å². The van der Waals surface area contributed by atoms with E-state index in [4.69, 9.17) is 5.73 Å². The normalized spacial score (nSPS) is 10.9. The summed E-state index contributed by atoms with van der Waals surface area (Å²) in [5.41, 5.74) is 10.9. The lowest BCUT2D eigenvalue weighted by molar-refractivity contribution is 0.943. The van der Waals surface area contributed by atoms with E-state index in [1.807, 2.05) is 0 Å². The van der Waals surface area contributed by atoms with Gasteiger partial charge in [-0.2, -0.15) is 0 Å². The van der Waals surface area contributed by atoms with Crippen molar-refractivity contribution in [1.82, 2.24) is 4.98 Å². The van der Waals surface area contributed by atoms with Crippen LogP contribution in [-0.4, -0.2) is 11.5 Å². The van der Waals surface area contributed by atoms with Gasteiger partial charge in [0, 0.05) is 17.7 Å². The number of thiazole rings is 1. The Kier molecular flexibility index (Phi) is 4.15. The van der Waals surface area contributed by atoms with E-state index in [2.05, 4.69) is 44.0 Å². The van der Waals surface area contributed by atoms with Gasteiger partial charge in [0.05, 0.1) is 10.7 Å². The average Bonchev–Trinajstić information content (AvgIpc) is 2.66. The molecule has 0 spiro atoms. The van der Waals surface area contributed by atoms with Crippen molar-refractivity contribution in [3.8, 4) is 0 Å². The maximum absolute atomic E-state index is 5.58. The highest BCUT2D eigenvalue weighted by Gasteiger charge is 2.09. The van der Waals surface area contributed by atoms with Gasteiger partial charge in [-0.25, -0.2) is 4.98 Å². The first-order valence-electron chi connectivity index (χ1n) is 6.32. The number of aryl methyl sites for hydroxylation is 2. The fraction of sp³-hybridized carbons (Fsp3) is 0.400. The van der Waals surface area contributed by atoms with Crippen LogP contribution in [0.1, 0.15) is 32.3 Å². The molecule has 0 aliphatic carbocycles. The fourth-order valence-electron chi connectivity index (χ4n) is 2.06. The Morgan fingerprint density at radius 3 is 2.72 bits per heavy atom. The highest BCUT2D eigenvalue weighted by atomic mass is 32.1. The lowest BCUT2D eigenvalue weighted by Gasteiger charge is -2.07. The molecule has 18 heavy (non-hydrogen) atoms. The minimum atomic E-state index is 0.676. The van der Waals surface area contributed by atoms with E-state index in [9.17, 15) is 0 Å². The van der Waals surface area contributed by atoms with Gasteiger partial charge in [-0.15, -0.1) is 11.3 Å². The van der Waals surface area contributed by atoms with E-state index >= 15 is 0 Å². The summed E-state index contributed by atoms with van der Waals surface area (Å²) in [7, 11) is 0. The Hall–Kier alpha value is -1.19. The second kappa shape index (κ2) is 5.63. The highest BCUT2D eigenvalue weighted by molar-refractivity contribution is 7.11. The van der Waals surface area contributed by atoms with Crippen molar-refractivity contribution < 1.29 is 0 Å². The minimum absolute atomic E-state index is 0.676. The molecule has 0 amide bonds. The zero-order chi connectivity index (χ0) is 13.1. The molecule has 2 rings (SSSR count). The summed E-state index contributed by atoms with van der Waals surface area (Å²) in [6.45, 7) is 7.13. The summed E-state index contributed by atoms with van der Waals surface area (Å²) in [6.07, 6.45) is 1.87. The summed E-state index contributed by atoms with van der Waals surface area (Å²) >= 11 is 1.80. The molecule has 0 fully saturated rings. The molecule has 0 saturated carbocycles. The predicted molar refractivity (Wildman–Crippen MR) is 78.3 cm³/mol. The van der Waals surface area contributed by atoms with Gasteiger partial charge >= 0.3 is 0 Å². The predicted octanol–water partition coefficient (Wildman–Crippen LogP) is 3.16. The van der Waals surface area contributed by atoms with Gasteiger partial charge in [-0.05, 0) is 44.0 Å². The number of nitrogens with zero attached hydrogens (tertiary/aromatic N) is 1. The van der Waals surface area contributed by atoms with Crippen LogP contribution in [0.15, 0.2) is 18.2 Å². The van der Waals surface area contributed by atoms with E-state index in [1.54, 1.807) is 11.3 Å². The first-order valence-corrected chi connectivity index (χ1v) is 7.13. The van der Waals surface area contributed by atoms with Crippen LogP contribution in [-0.2, 0) is 12.8 Å². The van der Waals surface area contributed by atoms with E-state index in [1.165, 1.54) is 21.6 Å². The molecular weight excluding hydrogens is 240 g/mol. The average molecular weight is 260 g/mol. The second-order valence-corrected chi connectivity index (χ2v) is 5.86. The summed E-state index contributed by atoms with van der Waals surface area (Å²) in [5, 5.41) is 1.16. The molecule has 0 radical (unpaired) electrons. The maximum Gasteiger partial charge on any atom is 0.0943 e. The first-order chi connectivity index (χ1) is 8.61. The molecule has 0 unspecified atom stereocenters. The number of nitrogens with two attached hydrogens (primary N) is 1. The maximum atomic E-state index is 5.58. The third-order valence-corrected chi connectivity index (χ3v) is 4.58. The first kappa shape index (κ1) is 13.2. The van der Waals surface area contributed by atoms with E-state index in [0.717, 1.165) is 23.5 Å². The monoisotopic (exact) mass is 260 g/mol. The zero-order valence-electron chi connectivity index (χ0n) is 11.3. The Morgan fingerprint density at radius 1 is 1.22 bits per heavy atom. The van der Waals surface area contributed by atoms with Crippen LogP contribution < -0.4 is 5.73 Å². The lowest BCUT2D eigenvalue weighted by Crippen LogP contribution is -2.01. The quantitative estimate of drug-likeness (QED) is 0.917. The molecule has 0 aliphatic rings. The molecule has 0 bridgehead atoms. The summed E-state index contributed by atoms with van der Waals surface area (Å²) in [4.78, 5) is 5.95. The standard InChI is InChI=1S/C15H20N2S/c1-10-5-4-6-13(11(10)2)9-14-12(3)17-15(18-14)7-8-16/h4-6H,7-9,16H2,1-3H3. The van der Waals surface area contributed by atoms with E-state index < -0.39 is 0 Å². The van der Waals surface area contributed by atoms with Crippen molar-refractivity contribution in [1.29, 1.82) is 0 Å². The van der Waals surface area contributed by atoms with Crippen LogP contribution in [0.25, 0.3) is 0 Å². The summed E-state index contributed by atoms with van der Waals surface area (Å²) in [6, 6.07) is 6.51. The molecule has 96 valence electrons. The Labute approximate surface area is 113 Å². The van der Waals surface area contributed by atoms with Crippen molar-refractivity contribution in [3.63, 3.8) is 0 Å². The van der Waals surface area contributed by atoms with Gasteiger partial charge in [0.15, 0.2) is 0 Å². The van der Waals surface area contributed by atoms with Crippen LogP contribution in [0.3, 0.4) is 0 Å². The fourth-order valence-corrected chi connectivity index (χ4v) is 3.17. The summed E-state index contributed by atoms with van der Waals surface area (Å²) < 4.78 is 0. The number of hydrogen-bond donors (Lipinski definition) is 1. The number of rotatable bonds is 4. The van der Waals surface area contributed by atoms with Gasteiger partial charge in [0.25, 0.3) is 0 Å². The smallest absolute Gasteiger partial charge is 0.0943 e. The molecule has 0 saturated heterocycles. The van der Waals surface area contributed by atoms with E-state index in [0.29, 0.717) is 6.54 Å². The number of aromatic nitrogens is 1. The van der Waals surface area contributed by atoms with Crippen LogP contribution in [0.5, 0.6) is 0 Å². The Bertz CT molecular complexity index is 543. The third-order valence-electron chi connectivity index (χ3n) is 3.36. The lowest BCUT2D eigenvalue weighted by atomic mass is 10.0. The van der Waals surface area contributed by atoms with Crippen molar-refractivity contribution in [2.75, 3.05) is 6.54 Å². The van der Waals surface area contributed by atoms with Crippen LogP contribution >= 0.6 is 11.3 Å². The minimum Gasteiger partial charge on any atom is -0.330 e. The number of hydrogen-bond acceptors (Lipinski definition) is 3. The van der Waals surface area contributed by atoms with Gasteiger partial charge in [-0.1, -0.05) is 18.2 Å². The molecule has 2 aromatic rings. The van der Waals surface area contributed by atoms with E-state index in [-0.39, 0.29) is 0 Å². The van der Waals surface area contributed by atoms with Crippen molar-refractivity contribution >= 4 is 11.3 Å². The molecule has 0 aliphatic heterocycles. The SMILES string of the molecule is Cc1cccc(Cc2sc(CCN)nc2C)c1C. The molecule has 2 N–H and O–H groups in total. The molecule has 2 nitrogen and oxygen atoms in total. The molecule has 1 aromatic carbocycles. The van der Waals surface area contributed by atoms with Crippen LogP contribution in [0.4, 0.5) is 0 Å². The van der Waals surface area contributed by atoms with Crippen molar-refractivity contribution in [2.45, 2.75) is 33.6 Å². The largest absolute Gasteiger partial charge is 0.330 e. The van der Waals surface area contributed by atoms with Gasteiger partial charge in [0.1, 0.15) is 0 Å². The summed E-state index contributed by atoms with van der Waals surface area (Å²) in [5.74, 6) is 0. The molecule has 1 aromatic heterocycles. The van der Waals surface area contributed by atoms with Crippen molar-refractivity contribution in [3.05, 3.63) is 50.5 Å². The molecular formula is C15H20N2S. The Morgan fingerprint density at radius 2 is 2.00 bits per heavy atom. The topological polar surface area (TPSA) is 38.9 Å². The number of benzene rings is 1. The van der Waals surface area contributed by atoms with Gasteiger partial charge < -0.3 is 5.73 Å². The molecule has 1 heterocycles. The Balaban J connectivity index is 2.25. The van der Waals surface area contributed by atoms with Gasteiger partial charge in [-0.3, -0.25) is 0 Å². The second-order valence-electron chi connectivity index (χ2n) is 4.69. The van der Waals surface area contributed by atoms with Crippen LogP contribution in [0.2, 0.25) is 0 Å². The zero-order valence-corrected chi connectivity index (χ0v) is 12.1. The third kappa shape index (κ3) is 2.79. The van der Waals surface area contributed by atoms with Gasteiger partial charge in [0.2, 0.25) is 0 Å². The molecule has 0 atom stereocenters. The van der Waals surface area contributed by atoms with Crippen LogP contribution in [0, 0.1) is 20.8 Å². The molecule has 3 heteroatoms.